The molecule has 3 rings (SSSR count). The number of ether oxygens (including phenoxy) is 1. The van der Waals surface area contributed by atoms with E-state index in [1.165, 1.54) is 16.3 Å². The summed E-state index contributed by atoms with van der Waals surface area (Å²) in [6.45, 7) is 9.69. The molecule has 1 aromatic heterocycles. The molecule has 1 fully saturated rings. The van der Waals surface area contributed by atoms with Gasteiger partial charge in [-0.1, -0.05) is 6.07 Å². The molecular weight excluding hydrogens is 384 g/mol. The third kappa shape index (κ3) is 4.69. The Morgan fingerprint density at radius 1 is 0.967 bits per heavy atom. The molecule has 2 amide bonds. The summed E-state index contributed by atoms with van der Waals surface area (Å²) in [5.41, 5.74) is 4.70. The lowest BCUT2D eigenvalue weighted by atomic mass is 9.99. The Hall–Kier alpha value is -3.16. The molecule has 1 aromatic carbocycles. The number of aryl methyl sites for hydroxylation is 3. The molecule has 0 N–H and O–H groups in total. The summed E-state index contributed by atoms with van der Waals surface area (Å²) < 4.78 is 6.21. The van der Waals surface area contributed by atoms with Crippen LogP contribution in [0, 0.1) is 20.8 Å². The van der Waals surface area contributed by atoms with Crippen LogP contribution in [0.5, 0.6) is 0 Å². The van der Waals surface area contributed by atoms with Crippen LogP contribution in [0.15, 0.2) is 29.1 Å². The molecule has 8 heteroatoms. The van der Waals surface area contributed by atoms with Crippen molar-refractivity contribution < 1.29 is 14.3 Å². The van der Waals surface area contributed by atoms with Crippen LogP contribution < -0.4 is 5.56 Å². The summed E-state index contributed by atoms with van der Waals surface area (Å²) >= 11 is 0. The molecule has 0 bridgehead atoms. The fraction of sp³-hybridized carbons (Fsp3) is 0.455. The summed E-state index contributed by atoms with van der Waals surface area (Å²) in [7, 11) is 0. The number of carbonyl (C=O) groups excluding carboxylic acids is 2. The number of carbonyl (C=O) groups is 2. The van der Waals surface area contributed by atoms with Crippen molar-refractivity contribution in [2.75, 3.05) is 32.8 Å². The van der Waals surface area contributed by atoms with E-state index in [1.807, 2.05) is 13.8 Å². The first kappa shape index (κ1) is 21.5. The Labute approximate surface area is 176 Å². The Morgan fingerprint density at radius 3 is 2.27 bits per heavy atom. The molecule has 0 spiro atoms. The minimum atomic E-state index is -0.362. The Bertz CT molecular complexity index is 1010. The number of benzene rings is 1. The molecule has 2 aromatic rings. The monoisotopic (exact) mass is 412 g/mol. The largest absolute Gasteiger partial charge is 0.450 e. The molecule has 0 aliphatic carbocycles. The van der Waals surface area contributed by atoms with Crippen molar-refractivity contribution >= 4 is 12.0 Å². The zero-order valence-electron chi connectivity index (χ0n) is 18.0. The standard InChI is InChI=1S/C22H28N4O4/c1-5-30-22(29)25-10-8-24(9-11-25)21(28)14-26-20(27)7-6-19(23-26)18-13-16(3)15(2)12-17(18)4/h6-7,12-13H,5,8-11,14H2,1-4H3. The third-order valence-corrected chi connectivity index (χ3v) is 5.43. The van der Waals surface area contributed by atoms with Crippen LogP contribution in [0.2, 0.25) is 0 Å². The fourth-order valence-corrected chi connectivity index (χ4v) is 3.52. The van der Waals surface area contributed by atoms with E-state index >= 15 is 0 Å². The number of hydrogen-bond donors (Lipinski definition) is 0. The minimum absolute atomic E-state index is 0.129. The second kappa shape index (κ2) is 9.11. The molecule has 1 aliphatic heterocycles. The Kier molecular flexibility index (Phi) is 6.54. The highest BCUT2D eigenvalue weighted by molar-refractivity contribution is 5.76. The van der Waals surface area contributed by atoms with Crippen molar-refractivity contribution in [1.82, 2.24) is 19.6 Å². The SMILES string of the molecule is CCOC(=O)N1CCN(C(=O)Cn2nc(-c3cc(C)c(C)cc3C)ccc2=O)CC1. The van der Waals surface area contributed by atoms with Crippen molar-refractivity contribution in [3.05, 3.63) is 51.3 Å². The zero-order valence-corrected chi connectivity index (χ0v) is 18.0. The second-order valence-electron chi connectivity index (χ2n) is 7.53. The zero-order chi connectivity index (χ0) is 21.8. The quantitative estimate of drug-likeness (QED) is 0.768. The lowest BCUT2D eigenvalue weighted by Gasteiger charge is -2.34. The average molecular weight is 412 g/mol. The number of nitrogens with zero attached hydrogens (tertiary/aromatic N) is 4. The summed E-state index contributed by atoms with van der Waals surface area (Å²) in [6, 6.07) is 7.29. The van der Waals surface area contributed by atoms with Crippen LogP contribution in [-0.4, -0.2) is 64.4 Å². The van der Waals surface area contributed by atoms with Gasteiger partial charge in [-0.2, -0.15) is 5.10 Å². The Morgan fingerprint density at radius 2 is 1.60 bits per heavy atom. The highest BCUT2D eigenvalue weighted by Crippen LogP contribution is 2.24. The molecular formula is C22H28N4O4. The highest BCUT2D eigenvalue weighted by Gasteiger charge is 2.25. The lowest BCUT2D eigenvalue weighted by Crippen LogP contribution is -2.51. The molecule has 2 heterocycles. The Balaban J connectivity index is 1.72. The van der Waals surface area contributed by atoms with Gasteiger partial charge in [0.1, 0.15) is 6.54 Å². The predicted molar refractivity (Wildman–Crippen MR) is 113 cm³/mol. The molecule has 30 heavy (non-hydrogen) atoms. The van der Waals surface area contributed by atoms with E-state index in [1.54, 1.807) is 22.8 Å². The molecule has 0 atom stereocenters. The summed E-state index contributed by atoms with van der Waals surface area (Å²) in [6.07, 6.45) is -0.362. The molecule has 0 unspecified atom stereocenters. The minimum Gasteiger partial charge on any atom is -0.450 e. The van der Waals surface area contributed by atoms with Gasteiger partial charge >= 0.3 is 6.09 Å². The first-order valence-electron chi connectivity index (χ1n) is 10.2. The van der Waals surface area contributed by atoms with Crippen molar-refractivity contribution in [2.24, 2.45) is 0 Å². The van der Waals surface area contributed by atoms with Gasteiger partial charge in [0, 0.05) is 37.8 Å². The van der Waals surface area contributed by atoms with Gasteiger partial charge in [0.05, 0.1) is 12.3 Å². The van der Waals surface area contributed by atoms with Gasteiger partial charge in [-0.25, -0.2) is 9.48 Å². The highest BCUT2D eigenvalue weighted by atomic mass is 16.6. The first-order chi connectivity index (χ1) is 14.3. The normalized spacial score (nSPS) is 14.0. The average Bonchev–Trinajstić information content (AvgIpc) is 2.72. The smallest absolute Gasteiger partial charge is 0.409 e. The van der Waals surface area contributed by atoms with E-state index in [4.69, 9.17) is 4.74 Å². The van der Waals surface area contributed by atoms with Crippen LogP contribution in [0.25, 0.3) is 11.3 Å². The van der Waals surface area contributed by atoms with Crippen LogP contribution >= 0.6 is 0 Å². The molecule has 0 saturated carbocycles. The van der Waals surface area contributed by atoms with Gasteiger partial charge in [0.2, 0.25) is 5.91 Å². The van der Waals surface area contributed by atoms with E-state index in [9.17, 15) is 14.4 Å². The van der Waals surface area contributed by atoms with Crippen molar-refractivity contribution in [3.8, 4) is 11.3 Å². The van der Waals surface area contributed by atoms with Crippen molar-refractivity contribution in [2.45, 2.75) is 34.2 Å². The third-order valence-electron chi connectivity index (χ3n) is 5.43. The van der Waals surface area contributed by atoms with Gasteiger partial charge in [-0.3, -0.25) is 9.59 Å². The van der Waals surface area contributed by atoms with E-state index in [0.29, 0.717) is 38.5 Å². The van der Waals surface area contributed by atoms with Gasteiger partial charge in [0.25, 0.3) is 5.56 Å². The number of aromatic nitrogens is 2. The van der Waals surface area contributed by atoms with Gasteiger partial charge in [-0.05, 0) is 56.5 Å². The van der Waals surface area contributed by atoms with Crippen LogP contribution in [0.3, 0.4) is 0 Å². The summed E-state index contributed by atoms with van der Waals surface area (Å²) in [5, 5.41) is 4.45. The number of hydrogen-bond acceptors (Lipinski definition) is 5. The predicted octanol–water partition coefficient (Wildman–Crippen LogP) is 2.14. The number of rotatable bonds is 4. The van der Waals surface area contributed by atoms with E-state index in [2.05, 4.69) is 24.2 Å². The summed E-state index contributed by atoms with van der Waals surface area (Å²) in [4.78, 5) is 40.1. The molecule has 1 saturated heterocycles. The lowest BCUT2D eigenvalue weighted by molar-refractivity contribution is -0.133. The number of piperazine rings is 1. The van der Waals surface area contributed by atoms with Gasteiger partial charge in [-0.15, -0.1) is 0 Å². The maximum atomic E-state index is 12.7. The van der Waals surface area contributed by atoms with Crippen molar-refractivity contribution in [3.63, 3.8) is 0 Å². The molecule has 160 valence electrons. The van der Waals surface area contributed by atoms with Gasteiger partial charge < -0.3 is 14.5 Å². The molecule has 8 nitrogen and oxygen atoms in total. The van der Waals surface area contributed by atoms with E-state index in [0.717, 1.165) is 16.7 Å². The topological polar surface area (TPSA) is 84.7 Å². The first-order valence-corrected chi connectivity index (χ1v) is 10.2. The van der Waals surface area contributed by atoms with Crippen LogP contribution in [0.4, 0.5) is 4.79 Å². The molecule has 1 aliphatic rings. The van der Waals surface area contributed by atoms with E-state index < -0.39 is 0 Å². The van der Waals surface area contributed by atoms with Crippen molar-refractivity contribution in [1.29, 1.82) is 0 Å². The van der Waals surface area contributed by atoms with E-state index in [-0.39, 0.29) is 24.1 Å². The summed E-state index contributed by atoms with van der Waals surface area (Å²) in [5.74, 6) is -0.193. The van der Waals surface area contributed by atoms with Gasteiger partial charge in [0.15, 0.2) is 0 Å². The number of amides is 2. The van der Waals surface area contributed by atoms with Crippen LogP contribution in [-0.2, 0) is 16.1 Å². The fourth-order valence-electron chi connectivity index (χ4n) is 3.52. The maximum Gasteiger partial charge on any atom is 0.409 e. The van der Waals surface area contributed by atoms with Crippen LogP contribution in [0.1, 0.15) is 23.6 Å². The second-order valence-corrected chi connectivity index (χ2v) is 7.53. The molecule has 0 radical (unpaired) electrons. The maximum absolute atomic E-state index is 12.7.